The Balaban J connectivity index is 1.78. The summed E-state index contributed by atoms with van der Waals surface area (Å²) in [5.74, 6) is 0. The second-order valence-corrected chi connectivity index (χ2v) is 5.61. The van der Waals surface area contributed by atoms with Gasteiger partial charge in [0.15, 0.2) is 0 Å². The molecule has 116 valence electrons. The third-order valence-electron chi connectivity index (χ3n) is 3.84. The van der Waals surface area contributed by atoms with Crippen LogP contribution in [0.15, 0.2) is 18.2 Å². The summed E-state index contributed by atoms with van der Waals surface area (Å²) in [6.07, 6.45) is 4.32. The minimum Gasteiger partial charge on any atom is -0.377 e. The Kier molecular flexibility index (Phi) is 5.52. The quantitative estimate of drug-likeness (QED) is 0.478. The van der Waals surface area contributed by atoms with Crippen LogP contribution in [0, 0.1) is 17.0 Å². The first-order valence-electron chi connectivity index (χ1n) is 7.42. The Bertz CT molecular complexity index is 485. The van der Waals surface area contributed by atoms with Crippen molar-refractivity contribution in [1.29, 1.82) is 0 Å². The van der Waals surface area contributed by atoms with Gasteiger partial charge in [-0.25, -0.2) is 0 Å². The van der Waals surface area contributed by atoms with Crippen molar-refractivity contribution >= 4 is 11.4 Å². The summed E-state index contributed by atoms with van der Waals surface area (Å²) in [6, 6.07) is 5.38. The molecule has 0 amide bonds. The number of anilines is 1. The van der Waals surface area contributed by atoms with Gasteiger partial charge in [0, 0.05) is 18.7 Å². The second kappa shape index (κ2) is 7.38. The molecule has 0 atom stereocenters. The number of ether oxygens (including phenoxy) is 1. The predicted molar refractivity (Wildman–Crippen MR) is 82.5 cm³/mol. The molecule has 1 aliphatic carbocycles. The van der Waals surface area contributed by atoms with Crippen LogP contribution in [0.25, 0.3) is 0 Å². The highest BCUT2D eigenvalue weighted by atomic mass is 16.6. The van der Waals surface area contributed by atoms with E-state index in [-0.39, 0.29) is 16.7 Å². The molecule has 0 bridgehead atoms. The molecule has 21 heavy (non-hydrogen) atoms. The van der Waals surface area contributed by atoms with E-state index < -0.39 is 0 Å². The number of hydrogen-bond donors (Lipinski definition) is 2. The van der Waals surface area contributed by atoms with E-state index >= 15 is 0 Å². The maximum Gasteiger partial charge on any atom is 0.292 e. The van der Waals surface area contributed by atoms with Crippen LogP contribution in [0.1, 0.15) is 31.2 Å². The molecular weight excluding hydrogens is 270 g/mol. The Hall–Kier alpha value is -1.66. The van der Waals surface area contributed by atoms with Crippen LogP contribution in [0.2, 0.25) is 0 Å². The molecule has 2 rings (SSSR count). The Labute approximate surface area is 124 Å². The average Bonchev–Trinajstić information content (AvgIpc) is 2.45. The normalized spacial score (nSPS) is 22.0. The highest BCUT2D eigenvalue weighted by Gasteiger charge is 2.19. The lowest BCUT2D eigenvalue weighted by atomic mass is 9.94. The Morgan fingerprint density at radius 3 is 2.76 bits per heavy atom. The molecule has 3 N–H and O–H groups in total. The maximum atomic E-state index is 11.0. The molecule has 1 aromatic rings. The van der Waals surface area contributed by atoms with Crippen LogP contribution in [-0.2, 0) is 4.74 Å². The molecule has 0 aliphatic heterocycles. The highest BCUT2D eigenvalue weighted by molar-refractivity contribution is 5.62. The zero-order valence-corrected chi connectivity index (χ0v) is 12.4. The zero-order valence-electron chi connectivity index (χ0n) is 12.4. The molecule has 0 radical (unpaired) electrons. The summed E-state index contributed by atoms with van der Waals surface area (Å²) in [4.78, 5) is 10.6. The highest BCUT2D eigenvalue weighted by Crippen LogP contribution is 2.25. The van der Waals surface area contributed by atoms with Gasteiger partial charge in [0.2, 0.25) is 0 Å². The molecular formula is C15H23N3O3. The van der Waals surface area contributed by atoms with E-state index in [2.05, 4.69) is 5.32 Å². The summed E-state index contributed by atoms with van der Waals surface area (Å²) in [5, 5.41) is 14.1. The van der Waals surface area contributed by atoms with Gasteiger partial charge in [-0.3, -0.25) is 10.1 Å². The van der Waals surface area contributed by atoms with Crippen molar-refractivity contribution in [1.82, 2.24) is 0 Å². The molecule has 0 saturated heterocycles. The molecule has 1 fully saturated rings. The smallest absolute Gasteiger partial charge is 0.292 e. The maximum absolute atomic E-state index is 11.0. The first kappa shape index (κ1) is 15.7. The van der Waals surface area contributed by atoms with Crippen molar-refractivity contribution in [3.8, 4) is 0 Å². The van der Waals surface area contributed by atoms with Crippen molar-refractivity contribution in [3.05, 3.63) is 33.9 Å². The van der Waals surface area contributed by atoms with E-state index in [1.165, 1.54) is 6.07 Å². The van der Waals surface area contributed by atoms with E-state index in [9.17, 15) is 10.1 Å². The van der Waals surface area contributed by atoms with Gasteiger partial charge in [-0.15, -0.1) is 0 Å². The standard InChI is InChI=1S/C15H23N3O3/c1-11-2-7-15(18(19)20)14(10-11)17-8-9-21-13-5-3-12(16)4-6-13/h2,7,10,12-13,17H,3-6,8-9,16H2,1H3. The molecule has 1 aliphatic rings. The predicted octanol–water partition coefficient (Wildman–Crippen LogP) is 2.60. The molecule has 6 nitrogen and oxygen atoms in total. The van der Waals surface area contributed by atoms with E-state index in [1.807, 2.05) is 6.92 Å². The third-order valence-corrected chi connectivity index (χ3v) is 3.84. The first-order chi connectivity index (χ1) is 10.1. The van der Waals surface area contributed by atoms with Crippen molar-refractivity contribution in [2.45, 2.75) is 44.8 Å². The number of benzene rings is 1. The molecule has 1 saturated carbocycles. The van der Waals surface area contributed by atoms with Crippen molar-refractivity contribution in [3.63, 3.8) is 0 Å². The number of nitro groups is 1. The van der Waals surface area contributed by atoms with Gasteiger partial charge in [-0.05, 0) is 44.2 Å². The number of hydrogen-bond acceptors (Lipinski definition) is 5. The lowest BCUT2D eigenvalue weighted by Gasteiger charge is -2.26. The van der Waals surface area contributed by atoms with Gasteiger partial charge in [0.25, 0.3) is 5.69 Å². The fraction of sp³-hybridized carbons (Fsp3) is 0.600. The van der Waals surface area contributed by atoms with E-state index in [4.69, 9.17) is 10.5 Å². The molecule has 0 unspecified atom stereocenters. The summed E-state index contributed by atoms with van der Waals surface area (Å²) < 4.78 is 5.80. The summed E-state index contributed by atoms with van der Waals surface area (Å²) >= 11 is 0. The SMILES string of the molecule is Cc1ccc([N+](=O)[O-])c(NCCOC2CCC(N)CC2)c1. The zero-order chi connectivity index (χ0) is 15.2. The largest absolute Gasteiger partial charge is 0.377 e. The fourth-order valence-electron chi connectivity index (χ4n) is 2.62. The van der Waals surface area contributed by atoms with Crippen LogP contribution in [-0.4, -0.2) is 30.2 Å². The van der Waals surface area contributed by atoms with Crippen molar-refractivity contribution in [2.24, 2.45) is 5.73 Å². The van der Waals surface area contributed by atoms with Crippen LogP contribution >= 0.6 is 0 Å². The number of aryl methyl sites for hydroxylation is 1. The molecule has 6 heteroatoms. The molecule has 0 heterocycles. The van der Waals surface area contributed by atoms with Gasteiger partial charge >= 0.3 is 0 Å². The van der Waals surface area contributed by atoms with Gasteiger partial charge < -0.3 is 15.8 Å². The number of nitrogens with zero attached hydrogens (tertiary/aromatic N) is 1. The van der Waals surface area contributed by atoms with Crippen LogP contribution in [0.4, 0.5) is 11.4 Å². The summed E-state index contributed by atoms with van der Waals surface area (Å²) in [6.45, 7) is 3.02. The Morgan fingerprint density at radius 1 is 1.38 bits per heavy atom. The van der Waals surface area contributed by atoms with Gasteiger partial charge in [-0.1, -0.05) is 6.07 Å². The van der Waals surface area contributed by atoms with Crippen LogP contribution in [0.5, 0.6) is 0 Å². The molecule has 1 aromatic carbocycles. The first-order valence-corrected chi connectivity index (χ1v) is 7.42. The summed E-state index contributed by atoms with van der Waals surface area (Å²) in [5.41, 5.74) is 7.50. The topological polar surface area (TPSA) is 90.4 Å². The van der Waals surface area contributed by atoms with E-state index in [0.717, 1.165) is 31.2 Å². The average molecular weight is 293 g/mol. The minimum atomic E-state index is -0.370. The van der Waals surface area contributed by atoms with Gasteiger partial charge in [0.1, 0.15) is 5.69 Å². The molecule has 0 aromatic heterocycles. The fourth-order valence-corrected chi connectivity index (χ4v) is 2.62. The van der Waals surface area contributed by atoms with Crippen LogP contribution in [0.3, 0.4) is 0 Å². The number of nitro benzene ring substituents is 1. The second-order valence-electron chi connectivity index (χ2n) is 5.61. The number of nitrogens with two attached hydrogens (primary N) is 1. The van der Waals surface area contributed by atoms with Crippen LogP contribution < -0.4 is 11.1 Å². The third kappa shape index (κ3) is 4.68. The lowest BCUT2D eigenvalue weighted by molar-refractivity contribution is -0.384. The Morgan fingerprint density at radius 2 is 2.10 bits per heavy atom. The lowest BCUT2D eigenvalue weighted by Crippen LogP contribution is -2.31. The van der Waals surface area contributed by atoms with Gasteiger partial charge in [0.05, 0.1) is 17.6 Å². The summed E-state index contributed by atoms with van der Waals surface area (Å²) in [7, 11) is 0. The number of nitrogens with one attached hydrogen (secondary N) is 1. The number of rotatable bonds is 6. The monoisotopic (exact) mass is 293 g/mol. The minimum absolute atomic E-state index is 0.101. The van der Waals surface area contributed by atoms with Gasteiger partial charge in [-0.2, -0.15) is 0 Å². The molecule has 0 spiro atoms. The van der Waals surface area contributed by atoms with Crippen molar-refractivity contribution in [2.75, 3.05) is 18.5 Å². The van der Waals surface area contributed by atoms with Crippen molar-refractivity contribution < 1.29 is 9.66 Å². The van der Waals surface area contributed by atoms with E-state index in [0.29, 0.717) is 24.9 Å². The van der Waals surface area contributed by atoms with E-state index in [1.54, 1.807) is 12.1 Å².